The van der Waals surface area contributed by atoms with E-state index < -0.39 is 0 Å². The van der Waals surface area contributed by atoms with Crippen molar-refractivity contribution in [1.82, 2.24) is 9.88 Å². The van der Waals surface area contributed by atoms with Crippen LogP contribution in [0.25, 0.3) is 0 Å². The van der Waals surface area contributed by atoms with Crippen LogP contribution in [0.15, 0.2) is 42.7 Å². The number of piperidine rings is 2. The lowest BCUT2D eigenvalue weighted by Gasteiger charge is -2.45. The van der Waals surface area contributed by atoms with E-state index in [0.717, 1.165) is 63.8 Å². The summed E-state index contributed by atoms with van der Waals surface area (Å²) in [5.41, 5.74) is 2.71. The lowest BCUT2D eigenvalue weighted by atomic mass is 9.95. The first-order valence-corrected chi connectivity index (χ1v) is 11.8. The van der Waals surface area contributed by atoms with E-state index in [1.165, 1.54) is 0 Å². The summed E-state index contributed by atoms with van der Waals surface area (Å²) in [4.78, 5) is 49.1. The molecule has 2 saturated heterocycles. The van der Waals surface area contributed by atoms with Gasteiger partial charge in [0.15, 0.2) is 0 Å². The summed E-state index contributed by atoms with van der Waals surface area (Å²) in [7, 11) is 0. The van der Waals surface area contributed by atoms with Gasteiger partial charge in [0.25, 0.3) is 5.91 Å². The highest BCUT2D eigenvalue weighted by Crippen LogP contribution is 2.40. The third-order valence-corrected chi connectivity index (χ3v) is 6.77. The van der Waals surface area contributed by atoms with E-state index in [4.69, 9.17) is 0 Å². The summed E-state index contributed by atoms with van der Waals surface area (Å²) in [6.45, 7) is 2.23. The van der Waals surface area contributed by atoms with Gasteiger partial charge in [-0.2, -0.15) is 0 Å². The number of nitrogens with zero attached hydrogens (tertiary/aromatic N) is 4. The van der Waals surface area contributed by atoms with Crippen molar-refractivity contribution in [1.29, 1.82) is 0 Å². The lowest BCUT2D eigenvalue weighted by molar-refractivity contribution is -0.123. The maximum absolute atomic E-state index is 13.5. The van der Waals surface area contributed by atoms with Gasteiger partial charge in [0.2, 0.25) is 11.8 Å². The molecular formula is C25H29N5O3. The molecular weight excluding hydrogens is 418 g/mol. The number of amides is 3. The van der Waals surface area contributed by atoms with Gasteiger partial charge in [0.1, 0.15) is 12.6 Å². The van der Waals surface area contributed by atoms with Crippen LogP contribution >= 0.6 is 0 Å². The number of hydrogen-bond donors (Lipinski definition) is 1. The van der Waals surface area contributed by atoms with Gasteiger partial charge in [-0.05, 0) is 68.9 Å². The molecule has 1 unspecified atom stereocenters. The Balaban J connectivity index is 1.45. The standard InChI is InChI=1S/C25H29N5O3/c31-23(27-19-7-6-11-26-16-19)17-30-22-15-18(24(32)28-12-3-1-4-13-28)9-10-20(22)29-14-5-2-8-21(29)25(30)33/h6-7,9-11,15-16,21H,1-5,8,12-14,17H2,(H,27,31). The Kier molecular flexibility index (Phi) is 5.98. The van der Waals surface area contributed by atoms with Crippen LogP contribution in [0.3, 0.4) is 0 Å². The second kappa shape index (κ2) is 9.21. The van der Waals surface area contributed by atoms with Crippen LogP contribution in [0.5, 0.6) is 0 Å². The molecule has 0 aliphatic carbocycles. The largest absolute Gasteiger partial charge is 0.358 e. The van der Waals surface area contributed by atoms with Crippen molar-refractivity contribution in [3.8, 4) is 0 Å². The monoisotopic (exact) mass is 447 g/mol. The van der Waals surface area contributed by atoms with Gasteiger partial charge in [0.05, 0.1) is 23.3 Å². The van der Waals surface area contributed by atoms with Crippen molar-refractivity contribution in [2.45, 2.75) is 44.6 Å². The van der Waals surface area contributed by atoms with Gasteiger partial charge in [0, 0.05) is 31.4 Å². The maximum Gasteiger partial charge on any atom is 0.253 e. The molecule has 0 radical (unpaired) electrons. The fraction of sp³-hybridized carbons (Fsp3) is 0.440. The Labute approximate surface area is 193 Å². The second-order valence-corrected chi connectivity index (χ2v) is 8.98. The molecule has 1 N–H and O–H groups in total. The molecule has 8 nitrogen and oxygen atoms in total. The fourth-order valence-electron chi connectivity index (χ4n) is 5.11. The van der Waals surface area contributed by atoms with Gasteiger partial charge >= 0.3 is 0 Å². The fourth-order valence-corrected chi connectivity index (χ4v) is 5.11. The number of nitrogens with one attached hydrogen (secondary N) is 1. The number of benzene rings is 1. The molecule has 0 bridgehead atoms. The molecule has 3 amide bonds. The SMILES string of the molecule is O=C(CN1C(=O)C2CCCCN2c2ccc(C(=O)N3CCCCC3)cc21)Nc1cccnc1. The van der Waals surface area contributed by atoms with Gasteiger partial charge in [-0.15, -0.1) is 0 Å². The molecule has 172 valence electrons. The van der Waals surface area contributed by atoms with Crippen molar-refractivity contribution < 1.29 is 14.4 Å². The van der Waals surface area contributed by atoms with E-state index in [1.54, 1.807) is 35.5 Å². The molecule has 3 aliphatic heterocycles. The first-order chi connectivity index (χ1) is 16.1. The van der Waals surface area contributed by atoms with Crippen molar-refractivity contribution in [2.24, 2.45) is 0 Å². The molecule has 5 rings (SSSR count). The number of fused-ring (bicyclic) bond motifs is 3. The second-order valence-electron chi connectivity index (χ2n) is 8.98. The number of carbonyl (C=O) groups excluding carboxylic acids is 3. The van der Waals surface area contributed by atoms with Gasteiger partial charge in [-0.1, -0.05) is 0 Å². The number of pyridine rings is 1. The molecule has 4 heterocycles. The van der Waals surface area contributed by atoms with Crippen molar-refractivity contribution in [2.75, 3.05) is 41.3 Å². The average Bonchev–Trinajstić information content (AvgIpc) is 2.87. The molecule has 2 fully saturated rings. The topological polar surface area (TPSA) is 85.9 Å². The number of likely N-dealkylation sites (tertiary alicyclic amines) is 1. The van der Waals surface area contributed by atoms with Crippen molar-refractivity contribution in [3.05, 3.63) is 48.3 Å². The molecule has 1 aromatic heterocycles. The zero-order valence-electron chi connectivity index (χ0n) is 18.7. The van der Waals surface area contributed by atoms with Gasteiger partial charge < -0.3 is 15.1 Å². The summed E-state index contributed by atoms with van der Waals surface area (Å²) in [5.74, 6) is -0.379. The van der Waals surface area contributed by atoms with Crippen LogP contribution in [0, 0.1) is 0 Å². The molecule has 8 heteroatoms. The zero-order valence-corrected chi connectivity index (χ0v) is 18.7. The zero-order chi connectivity index (χ0) is 22.8. The molecule has 33 heavy (non-hydrogen) atoms. The summed E-state index contributed by atoms with van der Waals surface area (Å²) < 4.78 is 0. The highest BCUT2D eigenvalue weighted by molar-refractivity contribution is 6.11. The van der Waals surface area contributed by atoms with E-state index in [1.807, 2.05) is 17.0 Å². The molecule has 0 saturated carbocycles. The van der Waals surface area contributed by atoms with Crippen LogP contribution in [0.2, 0.25) is 0 Å². The first-order valence-electron chi connectivity index (χ1n) is 11.8. The van der Waals surface area contributed by atoms with Crippen molar-refractivity contribution in [3.63, 3.8) is 0 Å². The van der Waals surface area contributed by atoms with Gasteiger partial charge in [-0.25, -0.2) is 0 Å². The molecule has 3 aliphatic rings. The Hall–Kier alpha value is -3.42. The minimum Gasteiger partial charge on any atom is -0.358 e. The van der Waals surface area contributed by atoms with Crippen LogP contribution in [-0.2, 0) is 9.59 Å². The number of hydrogen-bond acceptors (Lipinski definition) is 5. The predicted molar refractivity (Wildman–Crippen MR) is 126 cm³/mol. The molecule has 2 aromatic rings. The highest BCUT2D eigenvalue weighted by atomic mass is 16.2. The molecule has 1 aromatic carbocycles. The van der Waals surface area contributed by atoms with Gasteiger partial charge in [-0.3, -0.25) is 24.3 Å². The minimum absolute atomic E-state index is 0.00882. The van der Waals surface area contributed by atoms with Crippen LogP contribution in [0.1, 0.15) is 48.9 Å². The normalized spacial score (nSPS) is 20.2. The highest BCUT2D eigenvalue weighted by Gasteiger charge is 2.40. The predicted octanol–water partition coefficient (Wildman–Crippen LogP) is 3.05. The summed E-state index contributed by atoms with van der Waals surface area (Å²) >= 11 is 0. The Morgan fingerprint density at radius 1 is 1.00 bits per heavy atom. The van der Waals surface area contributed by atoms with Crippen LogP contribution in [0.4, 0.5) is 17.1 Å². The Bertz CT molecular complexity index is 1050. The van der Waals surface area contributed by atoms with Crippen LogP contribution < -0.4 is 15.1 Å². The quantitative estimate of drug-likeness (QED) is 0.779. The summed E-state index contributed by atoms with van der Waals surface area (Å²) in [5, 5.41) is 2.82. The first kappa shape index (κ1) is 21.4. The Morgan fingerprint density at radius 2 is 1.82 bits per heavy atom. The number of anilines is 3. The van der Waals surface area contributed by atoms with E-state index in [-0.39, 0.29) is 30.3 Å². The van der Waals surface area contributed by atoms with Crippen molar-refractivity contribution >= 4 is 34.8 Å². The third-order valence-electron chi connectivity index (χ3n) is 6.77. The van der Waals surface area contributed by atoms with E-state index >= 15 is 0 Å². The minimum atomic E-state index is -0.292. The van der Waals surface area contributed by atoms with E-state index in [2.05, 4.69) is 15.2 Å². The third kappa shape index (κ3) is 4.29. The molecule has 1 atom stereocenters. The number of rotatable bonds is 4. The van der Waals surface area contributed by atoms with Crippen LogP contribution in [-0.4, -0.2) is 59.8 Å². The van der Waals surface area contributed by atoms with E-state index in [9.17, 15) is 14.4 Å². The van der Waals surface area contributed by atoms with E-state index in [0.29, 0.717) is 16.9 Å². The Morgan fingerprint density at radius 3 is 2.61 bits per heavy atom. The lowest BCUT2D eigenvalue weighted by Crippen LogP contribution is -2.56. The smallest absolute Gasteiger partial charge is 0.253 e. The number of aromatic nitrogens is 1. The number of carbonyl (C=O) groups is 3. The summed E-state index contributed by atoms with van der Waals surface area (Å²) in [6, 6.07) is 8.85. The summed E-state index contributed by atoms with van der Waals surface area (Å²) in [6.07, 6.45) is 9.19. The average molecular weight is 448 g/mol. The maximum atomic E-state index is 13.5. The molecule has 0 spiro atoms.